The molecule has 2 nitrogen and oxygen atoms in total. The van der Waals surface area contributed by atoms with Crippen LogP contribution in [0, 0.1) is 11.7 Å². The van der Waals surface area contributed by atoms with Crippen molar-refractivity contribution in [2.45, 2.75) is 32.7 Å². The van der Waals surface area contributed by atoms with Crippen molar-refractivity contribution in [2.75, 3.05) is 24.5 Å². The van der Waals surface area contributed by atoms with E-state index in [9.17, 15) is 4.39 Å². The Bertz CT molecular complexity index is 402. The normalized spacial score (nSPS) is 20.7. The third kappa shape index (κ3) is 3.83. The van der Waals surface area contributed by atoms with Crippen LogP contribution < -0.4 is 10.2 Å². The van der Waals surface area contributed by atoms with Crippen LogP contribution in [-0.4, -0.2) is 25.7 Å². The van der Waals surface area contributed by atoms with Gasteiger partial charge in [-0.25, -0.2) is 4.39 Å². The quantitative estimate of drug-likeness (QED) is 0.911. The number of nitrogens with one attached hydrogen (secondary N) is 1. The van der Waals surface area contributed by atoms with E-state index in [1.165, 1.54) is 6.07 Å². The molecule has 0 bridgehead atoms. The number of halogens is 2. The zero-order chi connectivity index (χ0) is 13.8. The minimum Gasteiger partial charge on any atom is -0.366 e. The van der Waals surface area contributed by atoms with Gasteiger partial charge in [0.15, 0.2) is 0 Å². The Hall–Kier alpha value is -0.800. The molecule has 0 radical (unpaired) electrons. The predicted octanol–water partition coefficient (Wildman–Crippen LogP) is 3.69. The van der Waals surface area contributed by atoms with Crippen LogP contribution in [0.5, 0.6) is 0 Å². The van der Waals surface area contributed by atoms with Crippen LogP contribution in [0.25, 0.3) is 0 Å². The van der Waals surface area contributed by atoms with E-state index < -0.39 is 0 Å². The van der Waals surface area contributed by atoms with Crippen LogP contribution in [0.3, 0.4) is 0 Å². The molecule has 1 N–H and O–H groups in total. The maximum absolute atomic E-state index is 14.0. The summed E-state index contributed by atoms with van der Waals surface area (Å²) in [6.45, 7) is 7.08. The van der Waals surface area contributed by atoms with E-state index in [1.807, 2.05) is 0 Å². The fourth-order valence-electron chi connectivity index (χ4n) is 2.72. The molecule has 1 aromatic rings. The zero-order valence-corrected chi connectivity index (χ0v) is 12.4. The SMILES string of the molecule is CC(C)CC1CN(c2c(F)cccc2Cl)CCCN1. The van der Waals surface area contributed by atoms with Gasteiger partial charge >= 0.3 is 0 Å². The first-order chi connectivity index (χ1) is 9.08. The van der Waals surface area contributed by atoms with Crippen molar-refractivity contribution in [3.05, 3.63) is 29.0 Å². The molecule has 0 aliphatic carbocycles. The van der Waals surface area contributed by atoms with E-state index in [2.05, 4.69) is 24.1 Å². The number of hydrogen-bond donors (Lipinski definition) is 1. The van der Waals surface area contributed by atoms with Crippen molar-refractivity contribution >= 4 is 17.3 Å². The van der Waals surface area contributed by atoms with Gasteiger partial charge in [-0.05, 0) is 37.4 Å². The molecule has 19 heavy (non-hydrogen) atoms. The van der Waals surface area contributed by atoms with Crippen molar-refractivity contribution in [2.24, 2.45) is 5.92 Å². The Kier molecular flexibility index (Phi) is 5.06. The summed E-state index contributed by atoms with van der Waals surface area (Å²) in [7, 11) is 0. The third-order valence-corrected chi connectivity index (χ3v) is 3.79. The Labute approximate surface area is 119 Å². The van der Waals surface area contributed by atoms with Crippen LogP contribution in [0.2, 0.25) is 5.02 Å². The van der Waals surface area contributed by atoms with E-state index >= 15 is 0 Å². The molecule has 2 rings (SSSR count). The second-order valence-electron chi connectivity index (χ2n) is 5.65. The largest absolute Gasteiger partial charge is 0.366 e. The molecular weight excluding hydrogens is 263 g/mol. The first-order valence-corrected chi connectivity index (χ1v) is 7.38. The molecule has 0 spiro atoms. The van der Waals surface area contributed by atoms with E-state index in [0.717, 1.165) is 32.5 Å². The van der Waals surface area contributed by atoms with E-state index in [4.69, 9.17) is 11.6 Å². The van der Waals surface area contributed by atoms with Gasteiger partial charge in [-0.2, -0.15) is 0 Å². The van der Waals surface area contributed by atoms with E-state index in [1.54, 1.807) is 12.1 Å². The van der Waals surface area contributed by atoms with Crippen LogP contribution in [0.4, 0.5) is 10.1 Å². The number of para-hydroxylation sites is 1. The van der Waals surface area contributed by atoms with Crippen LogP contribution in [0.1, 0.15) is 26.7 Å². The average molecular weight is 285 g/mol. The molecule has 1 saturated heterocycles. The fourth-order valence-corrected chi connectivity index (χ4v) is 3.00. The standard InChI is InChI=1S/C15H22ClFN2/c1-11(2)9-12-10-19(8-4-7-18-12)15-13(16)5-3-6-14(15)17/h3,5-6,11-12,18H,4,7-10H2,1-2H3. The van der Waals surface area contributed by atoms with Crippen molar-refractivity contribution in [3.63, 3.8) is 0 Å². The molecule has 106 valence electrons. The van der Waals surface area contributed by atoms with Crippen molar-refractivity contribution in [3.8, 4) is 0 Å². The summed E-state index contributed by atoms with van der Waals surface area (Å²) in [5.74, 6) is 0.409. The molecule has 4 heteroatoms. The van der Waals surface area contributed by atoms with Gasteiger partial charge in [-0.3, -0.25) is 0 Å². The topological polar surface area (TPSA) is 15.3 Å². The molecule has 1 atom stereocenters. The summed E-state index contributed by atoms with van der Waals surface area (Å²) in [5.41, 5.74) is 0.557. The highest BCUT2D eigenvalue weighted by Crippen LogP contribution is 2.30. The molecule has 1 unspecified atom stereocenters. The summed E-state index contributed by atoms with van der Waals surface area (Å²) in [6.07, 6.45) is 2.11. The monoisotopic (exact) mass is 284 g/mol. The van der Waals surface area contributed by atoms with Crippen molar-refractivity contribution in [1.29, 1.82) is 0 Å². The smallest absolute Gasteiger partial charge is 0.148 e. The Morgan fingerprint density at radius 3 is 2.95 bits per heavy atom. The summed E-state index contributed by atoms with van der Waals surface area (Å²) < 4.78 is 14.0. The molecular formula is C15H22ClFN2. The second-order valence-corrected chi connectivity index (χ2v) is 6.06. The zero-order valence-electron chi connectivity index (χ0n) is 11.6. The lowest BCUT2D eigenvalue weighted by molar-refractivity contribution is 0.435. The molecule has 1 fully saturated rings. The summed E-state index contributed by atoms with van der Waals surface area (Å²) >= 11 is 6.17. The Morgan fingerprint density at radius 2 is 2.26 bits per heavy atom. The highest BCUT2D eigenvalue weighted by Gasteiger charge is 2.22. The highest BCUT2D eigenvalue weighted by molar-refractivity contribution is 6.33. The van der Waals surface area contributed by atoms with Crippen molar-refractivity contribution in [1.82, 2.24) is 5.32 Å². The van der Waals surface area contributed by atoms with Gasteiger partial charge in [0.05, 0.1) is 10.7 Å². The number of anilines is 1. The van der Waals surface area contributed by atoms with Gasteiger partial charge in [-0.1, -0.05) is 31.5 Å². The highest BCUT2D eigenvalue weighted by atomic mass is 35.5. The number of rotatable bonds is 3. The first-order valence-electron chi connectivity index (χ1n) is 7.00. The minimum absolute atomic E-state index is 0.224. The second kappa shape index (κ2) is 6.58. The maximum Gasteiger partial charge on any atom is 0.148 e. The molecule has 0 saturated carbocycles. The summed E-state index contributed by atoms with van der Waals surface area (Å²) in [4.78, 5) is 2.09. The fraction of sp³-hybridized carbons (Fsp3) is 0.600. The van der Waals surface area contributed by atoms with Gasteiger partial charge in [0.2, 0.25) is 0 Å². The third-order valence-electron chi connectivity index (χ3n) is 3.49. The minimum atomic E-state index is -0.224. The van der Waals surface area contributed by atoms with Gasteiger partial charge in [0, 0.05) is 19.1 Å². The van der Waals surface area contributed by atoms with E-state index in [0.29, 0.717) is 22.7 Å². The summed E-state index contributed by atoms with van der Waals surface area (Å²) in [6, 6.07) is 5.30. The lowest BCUT2D eigenvalue weighted by atomic mass is 10.0. The molecule has 1 heterocycles. The summed E-state index contributed by atoms with van der Waals surface area (Å²) in [5, 5.41) is 4.05. The number of nitrogens with zero attached hydrogens (tertiary/aromatic N) is 1. The lowest BCUT2D eigenvalue weighted by Crippen LogP contribution is -2.39. The Morgan fingerprint density at radius 1 is 1.47 bits per heavy atom. The molecule has 1 aliphatic heterocycles. The molecule has 1 aromatic carbocycles. The van der Waals surface area contributed by atoms with Gasteiger partial charge in [0.1, 0.15) is 5.82 Å². The lowest BCUT2D eigenvalue weighted by Gasteiger charge is -2.28. The number of benzene rings is 1. The van der Waals surface area contributed by atoms with Crippen LogP contribution in [-0.2, 0) is 0 Å². The maximum atomic E-state index is 14.0. The first kappa shape index (κ1) is 14.6. The van der Waals surface area contributed by atoms with Gasteiger partial charge in [-0.15, -0.1) is 0 Å². The molecule has 0 amide bonds. The molecule has 1 aliphatic rings. The van der Waals surface area contributed by atoms with Crippen LogP contribution >= 0.6 is 11.6 Å². The average Bonchev–Trinajstić information content (AvgIpc) is 2.54. The number of hydrogen-bond acceptors (Lipinski definition) is 2. The van der Waals surface area contributed by atoms with Crippen molar-refractivity contribution < 1.29 is 4.39 Å². The Balaban J connectivity index is 2.18. The van der Waals surface area contributed by atoms with Crippen LogP contribution in [0.15, 0.2) is 18.2 Å². The predicted molar refractivity (Wildman–Crippen MR) is 79.5 cm³/mol. The van der Waals surface area contributed by atoms with E-state index in [-0.39, 0.29) is 5.82 Å². The van der Waals surface area contributed by atoms with Gasteiger partial charge < -0.3 is 10.2 Å². The van der Waals surface area contributed by atoms with Gasteiger partial charge in [0.25, 0.3) is 0 Å². The molecule has 0 aromatic heterocycles.